The number of aliphatic hydroxyl groups is 1. The average Bonchev–Trinajstić information content (AvgIpc) is 3.29. The highest BCUT2D eigenvalue weighted by atomic mass is 19.4. The summed E-state index contributed by atoms with van der Waals surface area (Å²) in [4.78, 5) is 27.6. The molecule has 0 radical (unpaired) electrons. The molecule has 2 N–H and O–H groups in total. The lowest BCUT2D eigenvalue weighted by atomic mass is 9.87. The lowest BCUT2D eigenvalue weighted by Gasteiger charge is -2.33. The van der Waals surface area contributed by atoms with E-state index in [0.717, 1.165) is 11.0 Å². The molecule has 1 atom stereocenters. The van der Waals surface area contributed by atoms with Crippen LogP contribution in [0.2, 0.25) is 0 Å². The first-order chi connectivity index (χ1) is 22.2. The van der Waals surface area contributed by atoms with Gasteiger partial charge in [-0.05, 0) is 60.2 Å². The Kier molecular flexibility index (Phi) is 9.36. The van der Waals surface area contributed by atoms with Gasteiger partial charge < -0.3 is 24.6 Å². The molecular formula is C33H32F6N2O6. The Morgan fingerprint density at radius 1 is 0.894 bits per heavy atom. The van der Waals surface area contributed by atoms with Gasteiger partial charge in [-0.15, -0.1) is 0 Å². The third-order valence-corrected chi connectivity index (χ3v) is 8.31. The molecule has 3 aromatic carbocycles. The van der Waals surface area contributed by atoms with Gasteiger partial charge in [-0.1, -0.05) is 49.4 Å². The number of urea groups is 1. The van der Waals surface area contributed by atoms with E-state index in [4.69, 9.17) is 14.2 Å². The van der Waals surface area contributed by atoms with Crippen LogP contribution in [-0.4, -0.2) is 60.7 Å². The lowest BCUT2D eigenvalue weighted by molar-refractivity contribution is -0.376. The van der Waals surface area contributed by atoms with E-state index in [0.29, 0.717) is 60.8 Å². The molecule has 252 valence electrons. The number of alkyl halides is 6. The van der Waals surface area contributed by atoms with Crippen LogP contribution in [0.4, 0.5) is 31.1 Å². The molecule has 0 bridgehead atoms. The predicted molar refractivity (Wildman–Crippen MR) is 156 cm³/mol. The number of unbranched alkanes of at least 4 members (excludes halogenated alkanes) is 1. The maximum Gasteiger partial charge on any atom is 0.430 e. The van der Waals surface area contributed by atoms with E-state index in [1.165, 1.54) is 0 Å². The van der Waals surface area contributed by atoms with Gasteiger partial charge >= 0.3 is 18.4 Å². The minimum atomic E-state index is -6.03. The van der Waals surface area contributed by atoms with Gasteiger partial charge in [0.2, 0.25) is 0 Å². The number of hydrogen-bond donors (Lipinski definition) is 2. The zero-order valence-electron chi connectivity index (χ0n) is 25.2. The predicted octanol–water partition coefficient (Wildman–Crippen LogP) is 6.38. The number of imide groups is 1. The number of hydrogen-bond acceptors (Lipinski definition) is 6. The highest BCUT2D eigenvalue weighted by molar-refractivity contribution is 6.07. The van der Waals surface area contributed by atoms with Gasteiger partial charge in [-0.3, -0.25) is 9.69 Å². The van der Waals surface area contributed by atoms with Gasteiger partial charge in [-0.2, -0.15) is 26.3 Å². The van der Waals surface area contributed by atoms with Crippen molar-refractivity contribution in [2.75, 3.05) is 26.4 Å². The summed E-state index contributed by atoms with van der Waals surface area (Å²) in [5.74, 6) is 0.603. The second-order valence-electron chi connectivity index (χ2n) is 11.3. The molecular weight excluding hydrogens is 634 g/mol. The van der Waals surface area contributed by atoms with Crippen molar-refractivity contribution < 1.29 is 55.2 Å². The fourth-order valence-electron chi connectivity index (χ4n) is 5.72. The van der Waals surface area contributed by atoms with Gasteiger partial charge in [0.1, 0.15) is 24.5 Å². The number of nitrogens with one attached hydrogen (secondary N) is 1. The van der Waals surface area contributed by atoms with E-state index < -0.39 is 41.0 Å². The van der Waals surface area contributed by atoms with E-state index in [9.17, 15) is 41.0 Å². The molecule has 0 aromatic heterocycles. The van der Waals surface area contributed by atoms with Gasteiger partial charge in [0.15, 0.2) is 11.5 Å². The number of carbonyl (C=O) groups excluding carboxylic acids is 2. The molecule has 0 aliphatic carbocycles. The number of nitrogens with zero attached hydrogens (tertiary/aromatic N) is 1. The van der Waals surface area contributed by atoms with Crippen LogP contribution >= 0.6 is 0 Å². The number of fused-ring (bicyclic) bond motifs is 1. The molecule has 1 unspecified atom stereocenters. The van der Waals surface area contributed by atoms with Crippen LogP contribution < -0.4 is 19.5 Å². The maximum atomic E-state index is 13.6. The van der Waals surface area contributed by atoms with E-state index in [1.807, 2.05) is 0 Å². The highest BCUT2D eigenvalue weighted by Crippen LogP contribution is 2.50. The van der Waals surface area contributed by atoms with E-state index in [-0.39, 0.29) is 37.3 Å². The fraction of sp³-hybridized carbons (Fsp3) is 0.394. The Morgan fingerprint density at radius 3 is 2.23 bits per heavy atom. The first kappa shape index (κ1) is 33.9. The normalized spacial score (nSPS) is 18.3. The Morgan fingerprint density at radius 2 is 1.57 bits per heavy atom. The van der Waals surface area contributed by atoms with Crippen molar-refractivity contribution in [2.24, 2.45) is 0 Å². The molecule has 3 aromatic rings. The smallest absolute Gasteiger partial charge is 0.430 e. The summed E-state index contributed by atoms with van der Waals surface area (Å²) in [6.45, 7) is 2.55. The van der Waals surface area contributed by atoms with E-state index in [2.05, 4.69) is 5.32 Å². The average molecular weight is 667 g/mol. The largest absolute Gasteiger partial charge is 0.493 e. The lowest BCUT2D eigenvalue weighted by Crippen LogP contribution is -2.53. The maximum absolute atomic E-state index is 13.6. The molecule has 2 aliphatic heterocycles. The minimum Gasteiger partial charge on any atom is -0.493 e. The number of amides is 3. The number of carbonyl (C=O) groups is 2. The van der Waals surface area contributed by atoms with Gasteiger partial charge in [0.05, 0.1) is 6.61 Å². The van der Waals surface area contributed by atoms with Crippen LogP contribution in [0.3, 0.4) is 0 Å². The quantitative estimate of drug-likeness (QED) is 0.140. The summed E-state index contributed by atoms with van der Waals surface area (Å²) in [7, 11) is 0. The molecule has 1 fully saturated rings. The first-order valence-electron chi connectivity index (χ1n) is 14.9. The van der Waals surface area contributed by atoms with Crippen molar-refractivity contribution in [3.63, 3.8) is 0 Å². The Balaban J connectivity index is 1.27. The molecule has 47 heavy (non-hydrogen) atoms. The minimum absolute atomic E-state index is 0.00174. The second kappa shape index (κ2) is 13.0. The molecule has 2 heterocycles. The third kappa shape index (κ3) is 6.42. The van der Waals surface area contributed by atoms with Crippen LogP contribution in [0.5, 0.6) is 17.2 Å². The van der Waals surface area contributed by atoms with Crippen LogP contribution in [0.15, 0.2) is 66.7 Å². The zero-order chi connectivity index (χ0) is 34.0. The summed E-state index contributed by atoms with van der Waals surface area (Å²) in [5.41, 5.74) is -6.63. The van der Waals surface area contributed by atoms with Crippen molar-refractivity contribution in [2.45, 2.75) is 56.1 Å². The van der Waals surface area contributed by atoms with Crippen molar-refractivity contribution in [3.8, 4) is 17.2 Å². The van der Waals surface area contributed by atoms with Crippen LogP contribution in [-0.2, 0) is 22.4 Å². The number of halogens is 6. The van der Waals surface area contributed by atoms with E-state index >= 15 is 0 Å². The topological polar surface area (TPSA) is 97.3 Å². The zero-order valence-corrected chi connectivity index (χ0v) is 25.2. The molecule has 3 amide bonds. The highest BCUT2D eigenvalue weighted by Gasteiger charge is 2.71. The van der Waals surface area contributed by atoms with Gasteiger partial charge in [0, 0.05) is 18.5 Å². The summed E-state index contributed by atoms with van der Waals surface area (Å²) in [6.07, 6.45) is -11.3. The van der Waals surface area contributed by atoms with Crippen molar-refractivity contribution in [1.82, 2.24) is 10.2 Å². The molecule has 2 aliphatic rings. The SMILES string of the molecule is CCC1(c2ccc3c(c2)OCCO3)NC(=O)N(CCCCOc2ccc(C(O)(C(F)(F)F)C(F)(F)F)cc2Cc2ccccc2)C1=O. The molecule has 0 spiro atoms. The van der Waals surface area contributed by atoms with Gasteiger partial charge in [-0.25, -0.2) is 4.79 Å². The standard InChI is InChI=1S/C33H32F6N2O6/c1-2-30(23-10-13-26-27(20-23)47-17-16-46-26)28(42)41(29(43)40-30)14-6-7-15-45-25-12-11-24(31(44,32(34,35)36)33(37,38)39)19-22(25)18-21-8-4-3-5-9-21/h3-5,8-13,19-20,44H,2,6-7,14-18H2,1H3,(H,40,43). The van der Waals surface area contributed by atoms with Crippen LogP contribution in [0, 0.1) is 0 Å². The van der Waals surface area contributed by atoms with Crippen molar-refractivity contribution in [3.05, 3.63) is 89.0 Å². The third-order valence-electron chi connectivity index (χ3n) is 8.31. The monoisotopic (exact) mass is 666 g/mol. The summed E-state index contributed by atoms with van der Waals surface area (Å²) in [5, 5.41) is 12.7. The Bertz CT molecular complexity index is 1600. The molecule has 14 heteroatoms. The molecule has 0 saturated carbocycles. The number of rotatable bonds is 11. The van der Waals surface area contributed by atoms with Crippen molar-refractivity contribution >= 4 is 11.9 Å². The Labute approximate surface area is 266 Å². The van der Waals surface area contributed by atoms with Crippen LogP contribution in [0.25, 0.3) is 0 Å². The number of ether oxygens (including phenoxy) is 3. The number of benzene rings is 3. The van der Waals surface area contributed by atoms with Crippen molar-refractivity contribution in [1.29, 1.82) is 0 Å². The summed E-state index contributed by atoms with van der Waals surface area (Å²) in [6, 6.07) is 15.0. The molecule has 1 saturated heterocycles. The molecule has 5 rings (SSSR count). The first-order valence-corrected chi connectivity index (χ1v) is 14.9. The molecule has 8 nitrogen and oxygen atoms in total. The second-order valence-corrected chi connectivity index (χ2v) is 11.3. The fourth-order valence-corrected chi connectivity index (χ4v) is 5.72. The van der Waals surface area contributed by atoms with E-state index in [1.54, 1.807) is 55.5 Å². The van der Waals surface area contributed by atoms with Gasteiger partial charge in [0.25, 0.3) is 11.5 Å². The Hall–Kier alpha value is -4.46. The summed E-state index contributed by atoms with van der Waals surface area (Å²) >= 11 is 0. The summed E-state index contributed by atoms with van der Waals surface area (Å²) < 4.78 is 98.5. The van der Waals surface area contributed by atoms with Crippen LogP contribution in [0.1, 0.15) is 48.4 Å².